The smallest absolute Gasteiger partial charge is 0.769 e. The van der Waals surface area contributed by atoms with Crippen molar-refractivity contribution in [3.63, 3.8) is 0 Å². The molecule has 0 aliphatic heterocycles. The van der Waals surface area contributed by atoms with Crippen LogP contribution in [0.2, 0.25) is 0 Å². The standard InChI is InChI=1S/3ClO.La/c3*1-2;/q3*-1;+3. The van der Waals surface area contributed by atoms with Crippen LogP contribution in [0.15, 0.2) is 0 Å². The normalized spacial score (nSPS) is 2.57. The minimum atomic E-state index is 0. The van der Waals surface area contributed by atoms with Crippen LogP contribution in [0.3, 0.4) is 0 Å². The third kappa shape index (κ3) is 74.2. The van der Waals surface area contributed by atoms with Gasteiger partial charge in [0, 0.05) is 0 Å². The fourth-order valence-electron chi connectivity index (χ4n) is 0. The Labute approximate surface area is 84.3 Å². The van der Waals surface area contributed by atoms with Gasteiger partial charge < -0.3 is 14.0 Å². The molecule has 0 saturated carbocycles. The molecular formula is Cl3LaO3. The molecule has 0 aromatic heterocycles. The van der Waals surface area contributed by atoms with Crippen LogP contribution in [-0.4, -0.2) is 0 Å². The van der Waals surface area contributed by atoms with E-state index in [9.17, 15) is 0 Å². The van der Waals surface area contributed by atoms with E-state index in [1.807, 2.05) is 0 Å². The molecule has 0 spiro atoms. The van der Waals surface area contributed by atoms with Gasteiger partial charge in [-0.2, -0.15) is 0 Å². The molecule has 0 heterocycles. The van der Waals surface area contributed by atoms with Gasteiger partial charge in [-0.25, -0.2) is 35.6 Å². The monoisotopic (exact) mass is 292 g/mol. The van der Waals surface area contributed by atoms with E-state index >= 15 is 0 Å². The summed E-state index contributed by atoms with van der Waals surface area (Å²) in [5, 5.41) is 0. The zero-order chi connectivity index (χ0) is 6.00. The maximum absolute atomic E-state index is 7.72. The Balaban J connectivity index is -0.00000000900. The predicted molar refractivity (Wildman–Crippen MR) is 17.6 cm³/mol. The molecule has 0 saturated heterocycles. The summed E-state index contributed by atoms with van der Waals surface area (Å²) in [4.78, 5) is 0. The van der Waals surface area contributed by atoms with Crippen molar-refractivity contribution in [2.24, 2.45) is 0 Å². The van der Waals surface area contributed by atoms with Gasteiger partial charge in [-0.05, 0) is 0 Å². The van der Waals surface area contributed by atoms with Gasteiger partial charge in [-0.3, -0.25) is 0 Å². The van der Waals surface area contributed by atoms with Crippen molar-refractivity contribution in [1.29, 1.82) is 0 Å². The summed E-state index contributed by atoms with van der Waals surface area (Å²) in [6.45, 7) is 0. The SMILES string of the molecule is [La+3].[O-]Cl.[O-]Cl.[O-]Cl. The van der Waals surface area contributed by atoms with Crippen molar-refractivity contribution in [2.45, 2.75) is 0 Å². The molecule has 0 amide bonds. The topological polar surface area (TPSA) is 69.2 Å². The molecule has 0 radical (unpaired) electrons. The van der Waals surface area contributed by atoms with Gasteiger partial charge in [0.1, 0.15) is 0 Å². The first kappa shape index (κ1) is 23.1. The van der Waals surface area contributed by atoms with Crippen LogP contribution in [-0.2, 0) is 0 Å². The molecule has 3 nitrogen and oxygen atoms in total. The summed E-state index contributed by atoms with van der Waals surface area (Å²) in [5.41, 5.74) is 0. The maximum Gasteiger partial charge on any atom is 3.00 e. The number of rotatable bonds is 0. The number of halogens is 3. The van der Waals surface area contributed by atoms with E-state index in [1.165, 1.54) is 0 Å². The van der Waals surface area contributed by atoms with Crippen molar-refractivity contribution >= 4 is 35.6 Å². The quantitative estimate of drug-likeness (QED) is 0.546. The van der Waals surface area contributed by atoms with Crippen molar-refractivity contribution in [2.75, 3.05) is 0 Å². The molecular weight excluding hydrogens is 293 g/mol. The van der Waals surface area contributed by atoms with Gasteiger partial charge in [0.15, 0.2) is 0 Å². The fourth-order valence-corrected chi connectivity index (χ4v) is 0. The van der Waals surface area contributed by atoms with Gasteiger partial charge >= 0.3 is 35.6 Å². The minimum Gasteiger partial charge on any atom is -0.769 e. The third-order valence-corrected chi connectivity index (χ3v) is 0. The van der Waals surface area contributed by atoms with Crippen LogP contribution < -0.4 is 14.0 Å². The zero-order valence-corrected chi connectivity index (χ0v) is 8.83. The summed E-state index contributed by atoms with van der Waals surface area (Å²) < 4.78 is 23.2. The summed E-state index contributed by atoms with van der Waals surface area (Å²) in [6.07, 6.45) is 0. The molecule has 42 valence electrons. The van der Waals surface area contributed by atoms with Crippen molar-refractivity contribution in [3.8, 4) is 0 Å². The van der Waals surface area contributed by atoms with Gasteiger partial charge in [0.05, 0.1) is 0 Å². The third-order valence-electron chi connectivity index (χ3n) is 0. The van der Waals surface area contributed by atoms with E-state index in [0.29, 0.717) is 0 Å². The van der Waals surface area contributed by atoms with Crippen molar-refractivity contribution in [1.82, 2.24) is 0 Å². The minimum absolute atomic E-state index is 0. The van der Waals surface area contributed by atoms with E-state index in [2.05, 4.69) is 35.6 Å². The summed E-state index contributed by atoms with van der Waals surface area (Å²) in [6, 6.07) is 0. The molecule has 0 fully saturated rings. The molecule has 7 heavy (non-hydrogen) atoms. The Morgan fingerprint density at radius 3 is 0.571 bits per heavy atom. The molecule has 7 heteroatoms. The van der Waals surface area contributed by atoms with Gasteiger partial charge in [0.2, 0.25) is 0 Å². The molecule has 0 atom stereocenters. The average molecular weight is 293 g/mol. The maximum atomic E-state index is 7.72. The van der Waals surface area contributed by atoms with E-state index in [-0.39, 0.29) is 35.6 Å². The molecule has 0 N–H and O–H groups in total. The molecule has 0 unspecified atom stereocenters. The second kappa shape index (κ2) is 101. The van der Waals surface area contributed by atoms with E-state index in [4.69, 9.17) is 14.0 Å². The van der Waals surface area contributed by atoms with Gasteiger partial charge in [-0.1, -0.05) is 0 Å². The first-order chi connectivity index (χ1) is 3.00. The van der Waals surface area contributed by atoms with Crippen LogP contribution in [0.4, 0.5) is 0 Å². The largest absolute Gasteiger partial charge is 3.00 e. The Morgan fingerprint density at radius 1 is 0.571 bits per heavy atom. The Kier molecular flexibility index (Phi) is 334. The number of hydrogen-bond acceptors (Lipinski definition) is 3. The van der Waals surface area contributed by atoms with Crippen molar-refractivity contribution < 1.29 is 49.6 Å². The summed E-state index contributed by atoms with van der Waals surface area (Å²) in [7, 11) is 0. The zero-order valence-electron chi connectivity index (χ0n) is 2.94. The van der Waals surface area contributed by atoms with E-state index in [0.717, 1.165) is 0 Å². The first-order valence-corrected chi connectivity index (χ1v) is 1.39. The van der Waals surface area contributed by atoms with Crippen LogP contribution >= 0.6 is 35.6 Å². The van der Waals surface area contributed by atoms with Gasteiger partial charge in [-0.15, -0.1) is 0 Å². The second-order valence-electron chi connectivity index (χ2n) is 0. The molecule has 0 bridgehead atoms. The van der Waals surface area contributed by atoms with Crippen LogP contribution in [0.25, 0.3) is 0 Å². The molecule has 0 aromatic carbocycles. The molecule has 0 rings (SSSR count). The molecule has 0 aliphatic carbocycles. The fraction of sp³-hybridized carbons (Fsp3) is 0. The molecule has 0 aromatic rings. The van der Waals surface area contributed by atoms with E-state index in [1.54, 1.807) is 0 Å². The number of hydrogen-bond donors (Lipinski definition) is 0. The Hall–Kier alpha value is 1.94. The van der Waals surface area contributed by atoms with Gasteiger partial charge in [0.25, 0.3) is 0 Å². The molecule has 0 aliphatic rings. The van der Waals surface area contributed by atoms with Crippen LogP contribution in [0.1, 0.15) is 0 Å². The summed E-state index contributed by atoms with van der Waals surface area (Å²) in [5.74, 6) is 0. The van der Waals surface area contributed by atoms with Crippen molar-refractivity contribution in [3.05, 3.63) is 0 Å². The first-order valence-electron chi connectivity index (χ1n) is 0.463. The Bertz CT molecular complexity index is 10.1. The average Bonchev–Trinajstić information content (AvgIpc) is 1.81. The van der Waals surface area contributed by atoms with Crippen LogP contribution in [0.5, 0.6) is 0 Å². The second-order valence-corrected chi connectivity index (χ2v) is 0. The Morgan fingerprint density at radius 2 is 0.571 bits per heavy atom. The summed E-state index contributed by atoms with van der Waals surface area (Å²) >= 11 is 10.2. The predicted octanol–water partition coefficient (Wildman–Crippen LogP) is -1.50. The van der Waals surface area contributed by atoms with Crippen LogP contribution in [0, 0.1) is 35.6 Å². The van der Waals surface area contributed by atoms with E-state index < -0.39 is 0 Å².